The lowest BCUT2D eigenvalue weighted by Crippen LogP contribution is -2.27. The van der Waals surface area contributed by atoms with E-state index in [0.29, 0.717) is 13.0 Å². The van der Waals surface area contributed by atoms with Crippen LogP contribution < -0.4 is 5.32 Å². The zero-order valence-corrected chi connectivity index (χ0v) is 12.2. The first kappa shape index (κ1) is 14.2. The number of carbonyl (C=O) groups excluding carboxylic acids is 1. The molecule has 0 aromatic carbocycles. The Hall–Kier alpha value is -2.17. The van der Waals surface area contributed by atoms with Crippen molar-refractivity contribution in [2.45, 2.75) is 26.7 Å². The number of rotatable bonds is 5. The van der Waals surface area contributed by atoms with Gasteiger partial charge in [0, 0.05) is 37.2 Å². The second kappa shape index (κ2) is 6.32. The Morgan fingerprint density at radius 3 is 2.80 bits per heavy atom. The number of aryl methyl sites for hydroxylation is 2. The molecule has 2 heterocycles. The van der Waals surface area contributed by atoms with E-state index in [0.717, 1.165) is 28.9 Å². The van der Waals surface area contributed by atoms with Gasteiger partial charge in [0.25, 0.3) is 0 Å². The van der Waals surface area contributed by atoms with Crippen molar-refractivity contribution in [1.29, 1.82) is 0 Å². The summed E-state index contributed by atoms with van der Waals surface area (Å²) in [4.78, 5) is 16.0. The first-order chi connectivity index (χ1) is 9.58. The summed E-state index contributed by atoms with van der Waals surface area (Å²) in [7, 11) is 1.89. The van der Waals surface area contributed by atoms with Gasteiger partial charge in [0.05, 0.1) is 12.1 Å². The number of hydrogen-bond acceptors (Lipinski definition) is 3. The molecule has 5 heteroatoms. The monoisotopic (exact) mass is 272 g/mol. The van der Waals surface area contributed by atoms with Crippen molar-refractivity contribution >= 4 is 5.91 Å². The SMILES string of the molecule is Cc1nn(C)c(C)c1CC(=O)NCCc1cccnc1. The van der Waals surface area contributed by atoms with E-state index in [1.54, 1.807) is 6.20 Å². The van der Waals surface area contributed by atoms with E-state index in [1.165, 1.54) is 0 Å². The summed E-state index contributed by atoms with van der Waals surface area (Å²) in [6, 6.07) is 3.91. The van der Waals surface area contributed by atoms with Crippen molar-refractivity contribution in [3.05, 3.63) is 47.0 Å². The Balaban J connectivity index is 1.84. The highest BCUT2D eigenvalue weighted by molar-refractivity contribution is 5.79. The van der Waals surface area contributed by atoms with Crippen LogP contribution in [-0.2, 0) is 24.7 Å². The summed E-state index contributed by atoms with van der Waals surface area (Å²) in [5.41, 5.74) is 4.12. The van der Waals surface area contributed by atoms with Gasteiger partial charge in [0.1, 0.15) is 0 Å². The highest BCUT2D eigenvalue weighted by atomic mass is 16.1. The Morgan fingerprint density at radius 2 is 2.20 bits per heavy atom. The van der Waals surface area contributed by atoms with Gasteiger partial charge in [-0.2, -0.15) is 5.10 Å². The minimum absolute atomic E-state index is 0.0353. The standard InChI is InChI=1S/C15H20N4O/c1-11-14(12(2)19(3)18-11)9-15(20)17-8-6-13-5-4-7-16-10-13/h4-5,7,10H,6,8-9H2,1-3H3,(H,17,20). The van der Waals surface area contributed by atoms with E-state index >= 15 is 0 Å². The van der Waals surface area contributed by atoms with Crippen LogP contribution in [0.15, 0.2) is 24.5 Å². The van der Waals surface area contributed by atoms with Crippen LogP contribution in [0.25, 0.3) is 0 Å². The maximum absolute atomic E-state index is 12.0. The molecule has 0 aliphatic rings. The number of aromatic nitrogens is 3. The smallest absolute Gasteiger partial charge is 0.224 e. The highest BCUT2D eigenvalue weighted by Crippen LogP contribution is 2.12. The number of carbonyl (C=O) groups is 1. The number of hydrogen-bond donors (Lipinski definition) is 1. The van der Waals surface area contributed by atoms with E-state index in [9.17, 15) is 4.79 Å². The lowest BCUT2D eigenvalue weighted by atomic mass is 10.1. The zero-order valence-electron chi connectivity index (χ0n) is 12.2. The lowest BCUT2D eigenvalue weighted by Gasteiger charge is -2.05. The van der Waals surface area contributed by atoms with Gasteiger partial charge in [-0.3, -0.25) is 14.5 Å². The normalized spacial score (nSPS) is 10.6. The van der Waals surface area contributed by atoms with Crippen molar-refractivity contribution in [2.75, 3.05) is 6.54 Å². The first-order valence-electron chi connectivity index (χ1n) is 6.72. The van der Waals surface area contributed by atoms with Gasteiger partial charge in [-0.25, -0.2) is 0 Å². The Bertz CT molecular complexity index is 589. The minimum Gasteiger partial charge on any atom is -0.355 e. The summed E-state index contributed by atoms with van der Waals surface area (Å²) < 4.78 is 1.81. The van der Waals surface area contributed by atoms with E-state index in [2.05, 4.69) is 15.4 Å². The molecule has 0 bridgehead atoms. The van der Waals surface area contributed by atoms with Crippen molar-refractivity contribution in [2.24, 2.45) is 7.05 Å². The highest BCUT2D eigenvalue weighted by Gasteiger charge is 2.12. The molecular weight excluding hydrogens is 252 g/mol. The van der Waals surface area contributed by atoms with Gasteiger partial charge in [0.15, 0.2) is 0 Å². The molecule has 1 amide bonds. The Kier molecular flexibility index (Phi) is 4.50. The Labute approximate surface area is 119 Å². The van der Waals surface area contributed by atoms with Crippen LogP contribution in [0.3, 0.4) is 0 Å². The Morgan fingerprint density at radius 1 is 1.40 bits per heavy atom. The molecule has 0 fully saturated rings. The molecule has 0 atom stereocenters. The van der Waals surface area contributed by atoms with Gasteiger partial charge in [-0.15, -0.1) is 0 Å². The minimum atomic E-state index is 0.0353. The molecule has 106 valence electrons. The molecule has 0 radical (unpaired) electrons. The third kappa shape index (κ3) is 3.44. The van der Waals surface area contributed by atoms with Crippen LogP contribution in [-0.4, -0.2) is 27.2 Å². The molecule has 0 spiro atoms. The third-order valence-corrected chi connectivity index (χ3v) is 3.45. The molecule has 1 N–H and O–H groups in total. The zero-order chi connectivity index (χ0) is 14.5. The topological polar surface area (TPSA) is 59.8 Å². The summed E-state index contributed by atoms with van der Waals surface area (Å²) in [5.74, 6) is 0.0353. The summed E-state index contributed by atoms with van der Waals surface area (Å²) >= 11 is 0. The molecule has 20 heavy (non-hydrogen) atoms. The molecular formula is C15H20N4O. The summed E-state index contributed by atoms with van der Waals surface area (Å²) in [5, 5.41) is 7.26. The van der Waals surface area contributed by atoms with Gasteiger partial charge < -0.3 is 5.32 Å². The number of pyridine rings is 1. The number of nitrogens with zero attached hydrogens (tertiary/aromatic N) is 3. The molecule has 0 aliphatic carbocycles. The van der Waals surface area contributed by atoms with E-state index in [1.807, 2.05) is 43.9 Å². The van der Waals surface area contributed by atoms with Crippen LogP contribution >= 0.6 is 0 Å². The van der Waals surface area contributed by atoms with E-state index < -0.39 is 0 Å². The number of amides is 1. The fourth-order valence-corrected chi connectivity index (χ4v) is 2.19. The fraction of sp³-hybridized carbons (Fsp3) is 0.400. The summed E-state index contributed by atoms with van der Waals surface area (Å²) in [6.07, 6.45) is 4.75. The predicted octanol–water partition coefficient (Wildman–Crippen LogP) is 1.33. The van der Waals surface area contributed by atoms with Crippen LogP contribution in [0.5, 0.6) is 0 Å². The van der Waals surface area contributed by atoms with Crippen molar-refractivity contribution in [3.63, 3.8) is 0 Å². The van der Waals surface area contributed by atoms with Gasteiger partial charge >= 0.3 is 0 Å². The molecule has 5 nitrogen and oxygen atoms in total. The average Bonchev–Trinajstić information content (AvgIpc) is 2.67. The quantitative estimate of drug-likeness (QED) is 0.893. The molecule has 0 saturated carbocycles. The van der Waals surface area contributed by atoms with Crippen LogP contribution in [0.4, 0.5) is 0 Å². The maximum atomic E-state index is 12.0. The molecule has 0 unspecified atom stereocenters. The van der Waals surface area contributed by atoms with E-state index in [-0.39, 0.29) is 5.91 Å². The van der Waals surface area contributed by atoms with Crippen LogP contribution in [0.2, 0.25) is 0 Å². The molecule has 2 rings (SSSR count). The first-order valence-corrected chi connectivity index (χ1v) is 6.72. The van der Waals surface area contributed by atoms with Crippen LogP contribution in [0.1, 0.15) is 22.5 Å². The fourth-order valence-electron chi connectivity index (χ4n) is 2.19. The summed E-state index contributed by atoms with van der Waals surface area (Å²) in [6.45, 7) is 4.55. The molecule has 0 saturated heterocycles. The van der Waals surface area contributed by atoms with Crippen LogP contribution in [0, 0.1) is 13.8 Å². The number of nitrogens with one attached hydrogen (secondary N) is 1. The molecule has 0 aliphatic heterocycles. The van der Waals surface area contributed by atoms with Gasteiger partial charge in [-0.05, 0) is 31.9 Å². The molecule has 2 aromatic heterocycles. The maximum Gasteiger partial charge on any atom is 0.224 e. The third-order valence-electron chi connectivity index (χ3n) is 3.45. The van der Waals surface area contributed by atoms with Crippen molar-refractivity contribution in [3.8, 4) is 0 Å². The van der Waals surface area contributed by atoms with Gasteiger partial charge in [0.2, 0.25) is 5.91 Å². The van der Waals surface area contributed by atoms with Crippen molar-refractivity contribution < 1.29 is 4.79 Å². The average molecular weight is 272 g/mol. The van der Waals surface area contributed by atoms with Gasteiger partial charge in [-0.1, -0.05) is 6.07 Å². The second-order valence-corrected chi connectivity index (χ2v) is 4.91. The van der Waals surface area contributed by atoms with Crippen molar-refractivity contribution in [1.82, 2.24) is 20.1 Å². The molecule has 2 aromatic rings. The lowest BCUT2D eigenvalue weighted by molar-refractivity contribution is -0.120. The van der Waals surface area contributed by atoms with E-state index in [4.69, 9.17) is 0 Å². The predicted molar refractivity (Wildman–Crippen MR) is 77.3 cm³/mol. The second-order valence-electron chi connectivity index (χ2n) is 4.91. The largest absolute Gasteiger partial charge is 0.355 e.